The van der Waals surface area contributed by atoms with E-state index in [1.165, 1.54) is 19.3 Å². The first-order chi connectivity index (χ1) is 10.3. The Morgan fingerprint density at radius 3 is 2.43 bits per heavy atom. The Morgan fingerprint density at radius 1 is 1.10 bits per heavy atom. The Hall–Kier alpha value is -1.52. The van der Waals surface area contributed by atoms with Crippen molar-refractivity contribution in [2.24, 2.45) is 10.9 Å². The average Bonchev–Trinajstić information content (AvgIpc) is 3.04. The monoisotopic (exact) mass is 292 g/mol. The van der Waals surface area contributed by atoms with Crippen molar-refractivity contribution >= 4 is 11.9 Å². The first-order valence-electron chi connectivity index (χ1n) is 8.19. The summed E-state index contributed by atoms with van der Waals surface area (Å²) in [5.74, 6) is 1.27. The van der Waals surface area contributed by atoms with Gasteiger partial charge in [0.2, 0.25) is 5.91 Å². The molecule has 0 aromatic rings. The van der Waals surface area contributed by atoms with Gasteiger partial charge in [-0.05, 0) is 25.7 Å². The molecule has 5 nitrogen and oxygen atoms in total. The van der Waals surface area contributed by atoms with Crippen LogP contribution in [0.3, 0.4) is 0 Å². The summed E-state index contributed by atoms with van der Waals surface area (Å²) in [6.07, 6.45) is 12.3. The van der Waals surface area contributed by atoms with Crippen molar-refractivity contribution in [1.29, 1.82) is 0 Å². The zero-order chi connectivity index (χ0) is 14.9. The summed E-state index contributed by atoms with van der Waals surface area (Å²) >= 11 is 0. The van der Waals surface area contributed by atoms with Crippen LogP contribution >= 0.6 is 0 Å². The number of nitrogens with zero attached hydrogens (tertiary/aromatic N) is 1. The number of rotatable bonds is 5. The summed E-state index contributed by atoms with van der Waals surface area (Å²) in [6.45, 7) is 1.36. The molecule has 2 rings (SSSR count). The molecule has 0 saturated heterocycles. The summed E-state index contributed by atoms with van der Waals surface area (Å²) in [5, 5.41) is 9.66. The molecule has 0 atom stereocenters. The largest absolute Gasteiger partial charge is 0.355 e. The van der Waals surface area contributed by atoms with Crippen LogP contribution < -0.4 is 16.0 Å². The number of nitrogens with one attached hydrogen (secondary N) is 3. The van der Waals surface area contributed by atoms with Gasteiger partial charge in [0.1, 0.15) is 0 Å². The maximum atomic E-state index is 12.0. The molecule has 0 aromatic heterocycles. The molecular formula is C16H28N4O. The molecule has 2 aliphatic rings. The lowest BCUT2D eigenvalue weighted by Crippen LogP contribution is -2.45. The molecule has 0 aliphatic heterocycles. The van der Waals surface area contributed by atoms with Gasteiger partial charge in [-0.1, -0.05) is 31.4 Å². The Morgan fingerprint density at radius 2 is 1.76 bits per heavy atom. The molecular weight excluding hydrogens is 264 g/mol. The molecule has 0 unspecified atom stereocenters. The normalized spacial score (nSPS) is 20.5. The quantitative estimate of drug-likeness (QED) is 0.312. The molecule has 2 aliphatic carbocycles. The standard InChI is InChI=1S/C16H28N4O/c1-17-16(20-14-9-5-6-10-14)19-12-11-18-15(21)13-7-3-2-4-8-13/h5-6,13-14H,2-4,7-12H2,1H3,(H,18,21)(H2,17,19,20). The second-order valence-corrected chi connectivity index (χ2v) is 5.91. The van der Waals surface area contributed by atoms with E-state index in [9.17, 15) is 4.79 Å². The van der Waals surface area contributed by atoms with Gasteiger partial charge in [0, 0.05) is 32.1 Å². The SMILES string of the molecule is CN=C(NCCNC(=O)C1CCCCC1)NC1CC=CC1. The van der Waals surface area contributed by atoms with E-state index >= 15 is 0 Å². The van der Waals surface area contributed by atoms with Gasteiger partial charge < -0.3 is 16.0 Å². The minimum atomic E-state index is 0.222. The van der Waals surface area contributed by atoms with Gasteiger partial charge in [-0.3, -0.25) is 9.79 Å². The van der Waals surface area contributed by atoms with E-state index in [-0.39, 0.29) is 11.8 Å². The zero-order valence-corrected chi connectivity index (χ0v) is 13.0. The molecule has 5 heteroatoms. The number of guanidine groups is 1. The smallest absolute Gasteiger partial charge is 0.223 e. The fourth-order valence-corrected chi connectivity index (χ4v) is 3.00. The molecule has 0 heterocycles. The average molecular weight is 292 g/mol. The second-order valence-electron chi connectivity index (χ2n) is 5.91. The van der Waals surface area contributed by atoms with Crippen molar-refractivity contribution < 1.29 is 4.79 Å². The van der Waals surface area contributed by atoms with E-state index in [0.29, 0.717) is 19.1 Å². The highest BCUT2D eigenvalue weighted by molar-refractivity contribution is 5.80. The zero-order valence-electron chi connectivity index (χ0n) is 13.0. The fourth-order valence-electron chi connectivity index (χ4n) is 3.00. The molecule has 1 amide bonds. The molecule has 118 valence electrons. The maximum absolute atomic E-state index is 12.0. The van der Waals surface area contributed by atoms with E-state index in [2.05, 4.69) is 33.1 Å². The van der Waals surface area contributed by atoms with Crippen LogP contribution in [-0.4, -0.2) is 38.0 Å². The van der Waals surface area contributed by atoms with Gasteiger partial charge in [-0.25, -0.2) is 0 Å². The third kappa shape index (κ3) is 5.40. The topological polar surface area (TPSA) is 65.5 Å². The van der Waals surface area contributed by atoms with Crippen LogP contribution in [0.4, 0.5) is 0 Å². The number of hydrogen-bond acceptors (Lipinski definition) is 2. The number of carbonyl (C=O) groups is 1. The Kier molecular flexibility index (Phi) is 6.57. The summed E-state index contributed by atoms with van der Waals surface area (Å²) in [6, 6.07) is 0.452. The predicted molar refractivity (Wildman–Crippen MR) is 86.2 cm³/mol. The van der Waals surface area contributed by atoms with Crippen LogP contribution in [0.1, 0.15) is 44.9 Å². The lowest BCUT2D eigenvalue weighted by Gasteiger charge is -2.21. The number of hydrogen-bond donors (Lipinski definition) is 3. The van der Waals surface area contributed by atoms with Gasteiger partial charge in [0.25, 0.3) is 0 Å². The van der Waals surface area contributed by atoms with Crippen LogP contribution in [0.2, 0.25) is 0 Å². The summed E-state index contributed by atoms with van der Waals surface area (Å²) < 4.78 is 0. The van der Waals surface area contributed by atoms with Gasteiger partial charge in [0.15, 0.2) is 5.96 Å². The maximum Gasteiger partial charge on any atom is 0.223 e. The third-order valence-electron chi connectivity index (χ3n) is 4.26. The summed E-state index contributed by atoms with van der Waals surface area (Å²) in [4.78, 5) is 16.2. The van der Waals surface area contributed by atoms with Crippen LogP contribution in [-0.2, 0) is 4.79 Å². The van der Waals surface area contributed by atoms with E-state index in [4.69, 9.17) is 0 Å². The number of aliphatic imine (C=N–C) groups is 1. The van der Waals surface area contributed by atoms with Gasteiger partial charge in [-0.2, -0.15) is 0 Å². The summed E-state index contributed by atoms with van der Waals surface area (Å²) in [5.41, 5.74) is 0. The first kappa shape index (κ1) is 15.9. The second kappa shape index (κ2) is 8.70. The Balaban J connectivity index is 1.58. The van der Waals surface area contributed by atoms with Crippen molar-refractivity contribution in [2.45, 2.75) is 51.0 Å². The Labute approximate surface area is 127 Å². The van der Waals surface area contributed by atoms with Crippen LogP contribution in [0.15, 0.2) is 17.1 Å². The molecule has 21 heavy (non-hydrogen) atoms. The number of amides is 1. The highest BCUT2D eigenvalue weighted by Crippen LogP contribution is 2.23. The molecule has 1 saturated carbocycles. The highest BCUT2D eigenvalue weighted by atomic mass is 16.1. The third-order valence-corrected chi connectivity index (χ3v) is 4.26. The van der Waals surface area contributed by atoms with Gasteiger partial charge in [-0.15, -0.1) is 0 Å². The molecule has 0 bridgehead atoms. The molecule has 1 fully saturated rings. The van der Waals surface area contributed by atoms with Crippen molar-refractivity contribution in [3.05, 3.63) is 12.2 Å². The Bertz CT molecular complexity index is 378. The van der Waals surface area contributed by atoms with E-state index < -0.39 is 0 Å². The van der Waals surface area contributed by atoms with Crippen LogP contribution in [0.5, 0.6) is 0 Å². The first-order valence-corrected chi connectivity index (χ1v) is 8.19. The van der Waals surface area contributed by atoms with E-state index in [1.54, 1.807) is 7.05 Å². The molecule has 0 spiro atoms. The minimum Gasteiger partial charge on any atom is -0.355 e. The van der Waals surface area contributed by atoms with Gasteiger partial charge in [0.05, 0.1) is 0 Å². The lowest BCUT2D eigenvalue weighted by molar-refractivity contribution is -0.125. The van der Waals surface area contributed by atoms with Crippen LogP contribution in [0.25, 0.3) is 0 Å². The van der Waals surface area contributed by atoms with Crippen molar-refractivity contribution in [3.63, 3.8) is 0 Å². The molecule has 0 aromatic carbocycles. The predicted octanol–water partition coefficient (Wildman–Crippen LogP) is 1.57. The van der Waals surface area contributed by atoms with Crippen molar-refractivity contribution in [1.82, 2.24) is 16.0 Å². The molecule has 0 radical (unpaired) electrons. The minimum absolute atomic E-state index is 0.222. The van der Waals surface area contributed by atoms with E-state index in [0.717, 1.165) is 31.6 Å². The summed E-state index contributed by atoms with van der Waals surface area (Å²) in [7, 11) is 1.78. The fraction of sp³-hybridized carbons (Fsp3) is 0.750. The van der Waals surface area contributed by atoms with E-state index in [1.807, 2.05) is 0 Å². The van der Waals surface area contributed by atoms with Crippen molar-refractivity contribution in [2.75, 3.05) is 20.1 Å². The van der Waals surface area contributed by atoms with Gasteiger partial charge >= 0.3 is 0 Å². The van der Waals surface area contributed by atoms with Crippen LogP contribution in [0, 0.1) is 5.92 Å². The van der Waals surface area contributed by atoms with Crippen molar-refractivity contribution in [3.8, 4) is 0 Å². The number of carbonyl (C=O) groups excluding carboxylic acids is 1. The lowest BCUT2D eigenvalue weighted by atomic mass is 9.89. The highest BCUT2D eigenvalue weighted by Gasteiger charge is 2.20. The molecule has 3 N–H and O–H groups in total.